The summed E-state index contributed by atoms with van der Waals surface area (Å²) < 4.78 is 2.28. The Hall–Kier alpha value is -0.450. The fraction of sp³-hybridized carbons (Fsp3) is 0.417. The molecule has 1 atom stereocenters. The molecule has 0 saturated heterocycles. The van der Waals surface area contributed by atoms with Crippen molar-refractivity contribution in [2.45, 2.75) is 32.2 Å². The van der Waals surface area contributed by atoms with E-state index in [4.69, 9.17) is 5.73 Å². The molecule has 0 spiro atoms. The van der Waals surface area contributed by atoms with Crippen LogP contribution in [0, 0.1) is 0 Å². The van der Waals surface area contributed by atoms with Gasteiger partial charge in [-0.25, -0.2) is 4.98 Å². The lowest BCUT2D eigenvalue weighted by atomic mass is 10.1. The number of benzene rings is 1. The second-order valence-electron chi connectivity index (χ2n) is 3.91. The first kappa shape index (κ1) is 12.0. The predicted molar refractivity (Wildman–Crippen MR) is 73.8 cm³/mol. The molecule has 0 amide bonds. The molecule has 1 aromatic carbocycles. The Morgan fingerprint density at radius 2 is 2.31 bits per heavy atom. The van der Waals surface area contributed by atoms with Gasteiger partial charge in [-0.1, -0.05) is 35.7 Å². The van der Waals surface area contributed by atoms with Crippen LogP contribution >= 0.6 is 27.3 Å². The summed E-state index contributed by atoms with van der Waals surface area (Å²) in [5.41, 5.74) is 7.16. The van der Waals surface area contributed by atoms with E-state index in [0.29, 0.717) is 0 Å². The van der Waals surface area contributed by atoms with Crippen molar-refractivity contribution in [1.29, 1.82) is 0 Å². The van der Waals surface area contributed by atoms with E-state index < -0.39 is 0 Å². The summed E-state index contributed by atoms with van der Waals surface area (Å²) in [4.78, 5) is 4.59. The minimum Gasteiger partial charge on any atom is -0.322 e. The molecule has 0 aliphatic carbocycles. The van der Waals surface area contributed by atoms with Crippen molar-refractivity contribution in [3.8, 4) is 0 Å². The van der Waals surface area contributed by atoms with Crippen LogP contribution in [0.5, 0.6) is 0 Å². The molecule has 4 heteroatoms. The molecule has 0 bridgehead atoms. The van der Waals surface area contributed by atoms with E-state index in [9.17, 15) is 0 Å². The first-order valence-electron chi connectivity index (χ1n) is 5.52. The number of hydrogen-bond donors (Lipinski definition) is 1. The van der Waals surface area contributed by atoms with Crippen LogP contribution in [-0.2, 0) is 0 Å². The Bertz CT molecular complexity index is 481. The van der Waals surface area contributed by atoms with Gasteiger partial charge < -0.3 is 5.73 Å². The van der Waals surface area contributed by atoms with Crippen LogP contribution < -0.4 is 5.73 Å². The van der Waals surface area contributed by atoms with Crippen molar-refractivity contribution < 1.29 is 0 Å². The van der Waals surface area contributed by atoms with E-state index in [0.717, 1.165) is 21.4 Å². The van der Waals surface area contributed by atoms with E-state index in [1.807, 2.05) is 12.1 Å². The maximum atomic E-state index is 6.12. The Morgan fingerprint density at radius 3 is 3.06 bits per heavy atom. The van der Waals surface area contributed by atoms with Crippen molar-refractivity contribution in [3.05, 3.63) is 27.7 Å². The topological polar surface area (TPSA) is 38.9 Å². The fourth-order valence-corrected chi connectivity index (χ4v) is 2.96. The summed E-state index contributed by atoms with van der Waals surface area (Å²) in [5.74, 6) is 0. The van der Waals surface area contributed by atoms with Crippen LogP contribution in [0.1, 0.15) is 37.2 Å². The number of unbranched alkanes of at least 4 members (excludes halogenated alkanes) is 1. The second kappa shape index (κ2) is 5.25. The standard InChI is InChI=1S/C12H15BrN2S/c1-2-3-4-9(14)12-15-10-7-8(13)5-6-11(10)16-12/h5-7,9H,2-4,14H2,1H3. The van der Waals surface area contributed by atoms with E-state index in [1.54, 1.807) is 11.3 Å². The molecule has 16 heavy (non-hydrogen) atoms. The Morgan fingerprint density at radius 1 is 1.50 bits per heavy atom. The fourth-order valence-electron chi connectivity index (χ4n) is 1.62. The van der Waals surface area contributed by atoms with Gasteiger partial charge in [-0.15, -0.1) is 11.3 Å². The molecule has 0 saturated carbocycles. The zero-order chi connectivity index (χ0) is 11.5. The van der Waals surface area contributed by atoms with Crippen LogP contribution in [0.4, 0.5) is 0 Å². The number of thiazole rings is 1. The Kier molecular flexibility index (Phi) is 3.95. The zero-order valence-electron chi connectivity index (χ0n) is 9.24. The number of fused-ring (bicyclic) bond motifs is 1. The molecule has 0 radical (unpaired) electrons. The summed E-state index contributed by atoms with van der Waals surface area (Å²) in [6.07, 6.45) is 3.38. The molecule has 1 heterocycles. The zero-order valence-corrected chi connectivity index (χ0v) is 11.6. The third kappa shape index (κ3) is 2.62. The lowest BCUT2D eigenvalue weighted by molar-refractivity contribution is 0.601. The molecule has 2 rings (SSSR count). The second-order valence-corrected chi connectivity index (χ2v) is 5.89. The molecule has 2 nitrogen and oxygen atoms in total. The number of nitrogens with zero attached hydrogens (tertiary/aromatic N) is 1. The average molecular weight is 299 g/mol. The minimum atomic E-state index is 0.0936. The van der Waals surface area contributed by atoms with Gasteiger partial charge in [0, 0.05) is 4.47 Å². The van der Waals surface area contributed by atoms with Gasteiger partial charge in [0.2, 0.25) is 0 Å². The summed E-state index contributed by atoms with van der Waals surface area (Å²) >= 11 is 5.16. The number of rotatable bonds is 4. The molecule has 1 unspecified atom stereocenters. The Labute approximate surface area is 108 Å². The molecule has 0 aliphatic rings. The highest BCUT2D eigenvalue weighted by atomic mass is 79.9. The summed E-state index contributed by atoms with van der Waals surface area (Å²) in [5, 5.41) is 1.06. The summed E-state index contributed by atoms with van der Waals surface area (Å²) in [6.45, 7) is 2.18. The third-order valence-electron chi connectivity index (χ3n) is 2.55. The smallest absolute Gasteiger partial charge is 0.111 e. The number of halogens is 1. The maximum absolute atomic E-state index is 6.12. The molecule has 86 valence electrons. The lowest BCUT2D eigenvalue weighted by Gasteiger charge is -2.05. The number of hydrogen-bond acceptors (Lipinski definition) is 3. The van der Waals surface area contributed by atoms with E-state index in [1.165, 1.54) is 17.5 Å². The van der Waals surface area contributed by atoms with E-state index >= 15 is 0 Å². The average Bonchev–Trinajstić information content (AvgIpc) is 2.68. The first-order valence-corrected chi connectivity index (χ1v) is 7.13. The molecule has 1 aromatic heterocycles. The largest absolute Gasteiger partial charge is 0.322 e. The van der Waals surface area contributed by atoms with E-state index in [2.05, 4.69) is 33.9 Å². The normalized spacial score (nSPS) is 13.2. The first-order chi connectivity index (χ1) is 7.70. The highest BCUT2D eigenvalue weighted by molar-refractivity contribution is 9.10. The molecule has 2 aromatic rings. The Balaban J connectivity index is 2.25. The van der Waals surface area contributed by atoms with Crippen LogP contribution in [0.3, 0.4) is 0 Å². The maximum Gasteiger partial charge on any atom is 0.111 e. The van der Waals surface area contributed by atoms with Gasteiger partial charge in [0.05, 0.1) is 16.3 Å². The highest BCUT2D eigenvalue weighted by Gasteiger charge is 2.11. The number of nitrogens with two attached hydrogens (primary N) is 1. The van der Waals surface area contributed by atoms with Crippen LogP contribution in [0.25, 0.3) is 10.2 Å². The summed E-state index contributed by atoms with van der Waals surface area (Å²) in [6, 6.07) is 6.27. The predicted octanol–water partition coefficient (Wildman–Crippen LogP) is 4.25. The lowest BCUT2D eigenvalue weighted by Crippen LogP contribution is -2.09. The van der Waals surface area contributed by atoms with Crippen molar-refractivity contribution in [1.82, 2.24) is 4.98 Å². The van der Waals surface area contributed by atoms with Crippen LogP contribution in [0.2, 0.25) is 0 Å². The molecule has 2 N–H and O–H groups in total. The molecular formula is C12H15BrN2S. The van der Waals surface area contributed by atoms with Gasteiger partial charge in [0.15, 0.2) is 0 Å². The van der Waals surface area contributed by atoms with Crippen molar-refractivity contribution >= 4 is 37.5 Å². The minimum absolute atomic E-state index is 0.0936. The van der Waals surface area contributed by atoms with Gasteiger partial charge in [-0.2, -0.15) is 0 Å². The monoisotopic (exact) mass is 298 g/mol. The summed E-state index contributed by atoms with van der Waals surface area (Å²) in [7, 11) is 0. The highest BCUT2D eigenvalue weighted by Crippen LogP contribution is 2.29. The van der Waals surface area contributed by atoms with Crippen LogP contribution in [-0.4, -0.2) is 4.98 Å². The quantitative estimate of drug-likeness (QED) is 0.916. The van der Waals surface area contributed by atoms with Gasteiger partial charge in [-0.3, -0.25) is 0 Å². The SMILES string of the molecule is CCCCC(N)c1nc2cc(Br)ccc2s1. The van der Waals surface area contributed by atoms with Gasteiger partial charge in [0.25, 0.3) is 0 Å². The van der Waals surface area contributed by atoms with E-state index in [-0.39, 0.29) is 6.04 Å². The molecule has 0 fully saturated rings. The van der Waals surface area contributed by atoms with Gasteiger partial charge in [0.1, 0.15) is 5.01 Å². The van der Waals surface area contributed by atoms with Crippen LogP contribution in [0.15, 0.2) is 22.7 Å². The van der Waals surface area contributed by atoms with Crippen molar-refractivity contribution in [3.63, 3.8) is 0 Å². The molecule has 0 aliphatic heterocycles. The van der Waals surface area contributed by atoms with Crippen molar-refractivity contribution in [2.24, 2.45) is 5.73 Å². The number of aromatic nitrogens is 1. The van der Waals surface area contributed by atoms with Gasteiger partial charge in [-0.05, 0) is 24.6 Å². The van der Waals surface area contributed by atoms with Crippen molar-refractivity contribution in [2.75, 3.05) is 0 Å². The van der Waals surface area contributed by atoms with Gasteiger partial charge >= 0.3 is 0 Å². The third-order valence-corrected chi connectivity index (χ3v) is 4.21. The molecular weight excluding hydrogens is 284 g/mol.